The SMILES string of the molecule is CN(C)CCc1ccc(OC(=O)O)cc1.C[C@]12CC[C@H]3[C@@H](CCC4=CC(=O)CC[C@@]43C)[C@@H]1CC[C@@H]2O. The van der Waals surface area contributed by atoms with Crippen LogP contribution in [0.5, 0.6) is 5.75 Å². The summed E-state index contributed by atoms with van der Waals surface area (Å²) in [4.78, 5) is 24.1. The molecule has 0 unspecified atom stereocenters. The maximum atomic E-state index is 11.8. The first-order valence-corrected chi connectivity index (χ1v) is 13.6. The van der Waals surface area contributed by atoms with E-state index in [2.05, 4.69) is 23.5 Å². The lowest BCUT2D eigenvalue weighted by Gasteiger charge is -2.57. The number of fused-ring (bicyclic) bond motifs is 5. The second-order valence-corrected chi connectivity index (χ2v) is 12.2. The maximum Gasteiger partial charge on any atom is 0.511 e. The molecule has 0 amide bonds. The zero-order valence-corrected chi connectivity index (χ0v) is 22.3. The number of hydrogen-bond acceptors (Lipinski definition) is 5. The number of aliphatic hydroxyl groups excluding tert-OH is 1. The summed E-state index contributed by atoms with van der Waals surface area (Å²) in [6, 6.07) is 7.09. The van der Waals surface area contributed by atoms with E-state index in [1.54, 1.807) is 12.1 Å². The first-order chi connectivity index (χ1) is 17.0. The van der Waals surface area contributed by atoms with Crippen LogP contribution >= 0.6 is 0 Å². The van der Waals surface area contributed by atoms with Crippen molar-refractivity contribution in [1.82, 2.24) is 4.90 Å². The Hall–Kier alpha value is -2.18. The largest absolute Gasteiger partial charge is 0.511 e. The average Bonchev–Trinajstić information content (AvgIpc) is 3.13. The van der Waals surface area contributed by atoms with Crippen molar-refractivity contribution < 1.29 is 24.5 Å². The molecule has 0 aliphatic heterocycles. The van der Waals surface area contributed by atoms with E-state index in [0.717, 1.165) is 50.5 Å². The Morgan fingerprint density at radius 2 is 1.75 bits per heavy atom. The van der Waals surface area contributed by atoms with E-state index >= 15 is 0 Å². The van der Waals surface area contributed by atoms with Crippen molar-refractivity contribution in [2.24, 2.45) is 28.6 Å². The van der Waals surface area contributed by atoms with Crippen LogP contribution in [0.15, 0.2) is 35.9 Å². The fraction of sp³-hybridized carbons (Fsp3) is 0.667. The lowest BCUT2D eigenvalue weighted by atomic mass is 9.47. The van der Waals surface area contributed by atoms with Gasteiger partial charge in [-0.1, -0.05) is 31.6 Å². The summed E-state index contributed by atoms with van der Waals surface area (Å²) in [5.74, 6) is 2.93. The Morgan fingerprint density at radius 3 is 2.42 bits per heavy atom. The quantitative estimate of drug-likeness (QED) is 0.408. The van der Waals surface area contributed by atoms with Gasteiger partial charge in [-0.05, 0) is 118 Å². The minimum atomic E-state index is -1.28. The van der Waals surface area contributed by atoms with E-state index in [1.807, 2.05) is 32.3 Å². The van der Waals surface area contributed by atoms with Crippen LogP contribution < -0.4 is 4.74 Å². The molecule has 36 heavy (non-hydrogen) atoms. The highest BCUT2D eigenvalue weighted by molar-refractivity contribution is 5.91. The van der Waals surface area contributed by atoms with Crippen molar-refractivity contribution in [3.8, 4) is 5.75 Å². The molecule has 0 heterocycles. The zero-order valence-electron chi connectivity index (χ0n) is 22.3. The van der Waals surface area contributed by atoms with Gasteiger partial charge in [-0.2, -0.15) is 0 Å². The van der Waals surface area contributed by atoms with Crippen LogP contribution in [0.2, 0.25) is 0 Å². The topological polar surface area (TPSA) is 87.1 Å². The van der Waals surface area contributed by atoms with Crippen molar-refractivity contribution in [1.29, 1.82) is 0 Å². The smallest absolute Gasteiger partial charge is 0.449 e. The van der Waals surface area contributed by atoms with E-state index in [1.165, 1.54) is 36.8 Å². The number of benzene rings is 1. The Bertz CT molecular complexity index is 986. The molecule has 5 rings (SSSR count). The highest BCUT2D eigenvalue weighted by Gasteiger charge is 2.58. The third-order valence-corrected chi connectivity index (χ3v) is 9.89. The second kappa shape index (κ2) is 10.7. The summed E-state index contributed by atoms with van der Waals surface area (Å²) >= 11 is 0. The Kier molecular flexibility index (Phi) is 7.96. The summed E-state index contributed by atoms with van der Waals surface area (Å²) in [5.41, 5.74) is 3.05. The molecule has 4 aliphatic carbocycles. The number of allylic oxidation sites excluding steroid dienone is 1. The molecule has 198 valence electrons. The van der Waals surface area contributed by atoms with Gasteiger partial charge in [-0.25, -0.2) is 4.79 Å². The van der Waals surface area contributed by atoms with E-state index in [9.17, 15) is 14.7 Å². The molecule has 0 radical (unpaired) electrons. The van der Waals surface area contributed by atoms with Crippen molar-refractivity contribution in [3.63, 3.8) is 0 Å². The van der Waals surface area contributed by atoms with Crippen LogP contribution in [0, 0.1) is 28.6 Å². The third-order valence-electron chi connectivity index (χ3n) is 9.89. The lowest BCUT2D eigenvalue weighted by Crippen LogP contribution is -2.51. The average molecular weight is 498 g/mol. The van der Waals surface area contributed by atoms with Gasteiger partial charge in [0.05, 0.1) is 6.10 Å². The van der Waals surface area contributed by atoms with Gasteiger partial charge in [0, 0.05) is 13.0 Å². The van der Waals surface area contributed by atoms with Crippen molar-refractivity contribution in [2.75, 3.05) is 20.6 Å². The minimum absolute atomic E-state index is 0.0823. The van der Waals surface area contributed by atoms with Crippen LogP contribution in [0.3, 0.4) is 0 Å². The number of ether oxygens (including phenoxy) is 1. The standard InChI is InChI=1S/C19H28O2.C11H15NO3/c1-18-9-7-13(20)11-12(18)3-4-14-15-5-6-17(21)19(15,2)10-8-16(14)18;1-12(2)8-7-9-3-5-10(6-4-9)15-11(13)14/h11,14-17,21H,3-10H2,1-2H3;3-6H,7-8H2,1-2H3,(H,13,14)/t14-,15-,16-,17-,18-,19-;/m0./s1. The first kappa shape index (κ1) is 26.9. The van der Waals surface area contributed by atoms with Gasteiger partial charge in [0.15, 0.2) is 5.78 Å². The van der Waals surface area contributed by atoms with Gasteiger partial charge >= 0.3 is 6.16 Å². The monoisotopic (exact) mass is 497 g/mol. The van der Waals surface area contributed by atoms with E-state index in [-0.39, 0.29) is 16.9 Å². The molecule has 2 N–H and O–H groups in total. The molecule has 0 spiro atoms. The number of rotatable bonds is 4. The Morgan fingerprint density at radius 1 is 1.03 bits per heavy atom. The third kappa shape index (κ3) is 5.40. The highest BCUT2D eigenvalue weighted by atomic mass is 16.7. The number of carboxylic acid groups (broad SMARTS) is 1. The van der Waals surface area contributed by atoms with Crippen LogP contribution in [0.4, 0.5) is 4.79 Å². The van der Waals surface area contributed by atoms with Gasteiger partial charge in [0.1, 0.15) is 5.75 Å². The molecule has 3 saturated carbocycles. The predicted octanol–water partition coefficient (Wildman–Crippen LogP) is 5.73. The number of likely N-dealkylation sites (N-methyl/N-ethyl adjacent to an activating group) is 1. The van der Waals surface area contributed by atoms with Gasteiger partial charge in [0.25, 0.3) is 0 Å². The van der Waals surface area contributed by atoms with Gasteiger partial charge < -0.3 is 19.8 Å². The number of aliphatic hydroxyl groups is 1. The minimum Gasteiger partial charge on any atom is -0.449 e. The van der Waals surface area contributed by atoms with Gasteiger partial charge in [-0.15, -0.1) is 0 Å². The predicted molar refractivity (Wildman–Crippen MR) is 140 cm³/mol. The molecule has 0 saturated heterocycles. The zero-order chi connectivity index (χ0) is 26.1. The molecule has 0 bridgehead atoms. The van der Waals surface area contributed by atoms with Crippen molar-refractivity contribution in [2.45, 2.75) is 77.7 Å². The van der Waals surface area contributed by atoms with E-state index in [4.69, 9.17) is 5.11 Å². The maximum absolute atomic E-state index is 11.8. The van der Waals surface area contributed by atoms with Crippen molar-refractivity contribution in [3.05, 3.63) is 41.5 Å². The van der Waals surface area contributed by atoms with Crippen LogP contribution in [0.25, 0.3) is 0 Å². The molecule has 6 atom stereocenters. The fourth-order valence-electron chi connectivity index (χ4n) is 7.71. The van der Waals surface area contributed by atoms with E-state index < -0.39 is 6.16 Å². The molecular weight excluding hydrogens is 454 g/mol. The molecule has 6 heteroatoms. The molecule has 1 aromatic carbocycles. The summed E-state index contributed by atoms with van der Waals surface area (Å²) in [6.45, 7) is 5.74. The molecule has 3 fully saturated rings. The fourth-order valence-corrected chi connectivity index (χ4v) is 7.71. The number of ketones is 1. The summed E-state index contributed by atoms with van der Waals surface area (Å²) in [5, 5.41) is 18.8. The van der Waals surface area contributed by atoms with Crippen LogP contribution in [-0.2, 0) is 11.2 Å². The summed E-state index contributed by atoms with van der Waals surface area (Å²) in [6.07, 6.45) is 10.4. The summed E-state index contributed by atoms with van der Waals surface area (Å²) in [7, 11) is 4.03. The normalized spacial score (nSPS) is 35.1. The Labute approximate surface area is 215 Å². The van der Waals surface area contributed by atoms with Gasteiger partial charge in [0.2, 0.25) is 0 Å². The molecule has 0 aromatic heterocycles. The molecule has 6 nitrogen and oxygen atoms in total. The van der Waals surface area contributed by atoms with Crippen LogP contribution in [-0.4, -0.2) is 53.8 Å². The summed E-state index contributed by atoms with van der Waals surface area (Å²) < 4.78 is 4.50. The molecule has 4 aliphatic rings. The number of hydrogen-bond donors (Lipinski definition) is 2. The Balaban J connectivity index is 0.000000181. The number of carbonyl (C=O) groups is 2. The highest BCUT2D eigenvalue weighted by Crippen LogP contribution is 2.65. The van der Waals surface area contributed by atoms with Gasteiger partial charge in [-0.3, -0.25) is 4.79 Å². The number of nitrogens with zero attached hydrogens (tertiary/aromatic N) is 1. The molecular formula is C30H43NO5. The van der Waals surface area contributed by atoms with E-state index in [0.29, 0.717) is 17.5 Å². The lowest BCUT2D eigenvalue weighted by molar-refractivity contribution is -0.118. The van der Waals surface area contributed by atoms with Crippen LogP contribution in [0.1, 0.15) is 70.8 Å². The number of carbonyl (C=O) groups excluding carboxylic acids is 1. The van der Waals surface area contributed by atoms with Crippen molar-refractivity contribution >= 4 is 11.9 Å². The first-order valence-electron chi connectivity index (χ1n) is 13.6. The molecule has 1 aromatic rings. The second-order valence-electron chi connectivity index (χ2n) is 12.2.